The van der Waals surface area contributed by atoms with Crippen LogP contribution in [0, 0.1) is 0 Å². The van der Waals surface area contributed by atoms with Crippen molar-refractivity contribution in [2.45, 2.75) is 12.8 Å². The molecule has 0 rings (SSSR count). The van der Waals surface area contributed by atoms with E-state index in [-0.39, 0.29) is 13.2 Å². The van der Waals surface area contributed by atoms with Crippen molar-refractivity contribution in [3.8, 4) is 0 Å². The Bertz CT molecular complexity index is 121. The van der Waals surface area contributed by atoms with Gasteiger partial charge in [0.1, 0.15) is 0 Å². The molecule has 0 fully saturated rings. The van der Waals surface area contributed by atoms with Crippen molar-refractivity contribution in [2.75, 3.05) is 26.3 Å². The molecule has 0 aliphatic rings. The van der Waals surface area contributed by atoms with Gasteiger partial charge in [0.15, 0.2) is 0 Å². The lowest BCUT2D eigenvalue weighted by atomic mass is 10.3. The molecule has 0 saturated heterocycles. The SMILES string of the molecule is O=C(O)N(CCCO)CCCO. The summed E-state index contributed by atoms with van der Waals surface area (Å²) in [6.07, 6.45) is -0.118. The van der Waals surface area contributed by atoms with Crippen LogP contribution in [-0.4, -0.2) is 52.6 Å². The van der Waals surface area contributed by atoms with E-state index in [4.69, 9.17) is 15.3 Å². The van der Waals surface area contributed by atoms with Crippen LogP contribution in [0.25, 0.3) is 0 Å². The molecule has 0 aromatic carbocycles. The van der Waals surface area contributed by atoms with E-state index in [2.05, 4.69) is 0 Å². The van der Waals surface area contributed by atoms with Gasteiger partial charge in [-0.3, -0.25) is 0 Å². The van der Waals surface area contributed by atoms with Gasteiger partial charge < -0.3 is 20.2 Å². The molecule has 5 nitrogen and oxygen atoms in total. The summed E-state index contributed by atoms with van der Waals surface area (Å²) in [6, 6.07) is 0. The third-order valence-corrected chi connectivity index (χ3v) is 1.44. The van der Waals surface area contributed by atoms with E-state index in [9.17, 15) is 4.79 Å². The smallest absolute Gasteiger partial charge is 0.407 e. The minimum Gasteiger partial charge on any atom is -0.465 e. The number of carbonyl (C=O) groups is 1. The van der Waals surface area contributed by atoms with E-state index in [0.717, 1.165) is 0 Å². The fourth-order valence-corrected chi connectivity index (χ4v) is 0.826. The van der Waals surface area contributed by atoms with Gasteiger partial charge in [-0.2, -0.15) is 0 Å². The molecule has 1 amide bonds. The van der Waals surface area contributed by atoms with E-state index in [0.29, 0.717) is 25.9 Å². The van der Waals surface area contributed by atoms with E-state index >= 15 is 0 Å². The van der Waals surface area contributed by atoms with E-state index < -0.39 is 6.09 Å². The lowest BCUT2D eigenvalue weighted by Crippen LogP contribution is -2.32. The zero-order valence-electron chi connectivity index (χ0n) is 6.94. The van der Waals surface area contributed by atoms with Crippen LogP contribution in [0.1, 0.15) is 12.8 Å². The highest BCUT2D eigenvalue weighted by Crippen LogP contribution is 1.94. The first-order chi connectivity index (χ1) is 5.72. The summed E-state index contributed by atoms with van der Waals surface area (Å²) in [7, 11) is 0. The molecule has 0 spiro atoms. The van der Waals surface area contributed by atoms with Crippen molar-refractivity contribution in [1.29, 1.82) is 0 Å². The molecular formula is C7H15NO4. The molecule has 0 aromatic heterocycles. The highest BCUT2D eigenvalue weighted by atomic mass is 16.4. The van der Waals surface area contributed by atoms with Gasteiger partial charge in [-0.15, -0.1) is 0 Å². The van der Waals surface area contributed by atoms with Crippen molar-refractivity contribution >= 4 is 6.09 Å². The third kappa shape index (κ3) is 4.92. The van der Waals surface area contributed by atoms with Gasteiger partial charge in [-0.05, 0) is 12.8 Å². The lowest BCUT2D eigenvalue weighted by Gasteiger charge is -2.17. The van der Waals surface area contributed by atoms with Crippen molar-refractivity contribution in [3.05, 3.63) is 0 Å². The van der Waals surface area contributed by atoms with Gasteiger partial charge in [0.25, 0.3) is 0 Å². The van der Waals surface area contributed by atoms with Crippen LogP contribution in [0.5, 0.6) is 0 Å². The maximum Gasteiger partial charge on any atom is 0.407 e. The van der Waals surface area contributed by atoms with Gasteiger partial charge in [0.2, 0.25) is 0 Å². The Morgan fingerprint density at radius 2 is 1.50 bits per heavy atom. The summed E-state index contributed by atoms with van der Waals surface area (Å²) in [5.74, 6) is 0. The number of rotatable bonds is 6. The number of hydrogen-bond donors (Lipinski definition) is 3. The van der Waals surface area contributed by atoms with Gasteiger partial charge in [0.05, 0.1) is 0 Å². The average Bonchev–Trinajstić information content (AvgIpc) is 2.04. The first-order valence-corrected chi connectivity index (χ1v) is 3.92. The number of nitrogens with zero attached hydrogens (tertiary/aromatic N) is 1. The Hall–Kier alpha value is -0.810. The van der Waals surface area contributed by atoms with Crippen LogP contribution in [0.3, 0.4) is 0 Å². The van der Waals surface area contributed by atoms with Crippen LogP contribution >= 0.6 is 0 Å². The predicted molar refractivity (Wildman–Crippen MR) is 43.0 cm³/mol. The molecule has 0 radical (unpaired) electrons. The first-order valence-electron chi connectivity index (χ1n) is 3.92. The highest BCUT2D eigenvalue weighted by Gasteiger charge is 2.09. The fraction of sp³-hybridized carbons (Fsp3) is 0.857. The molecule has 0 aromatic rings. The number of aliphatic hydroxyl groups excluding tert-OH is 2. The number of hydrogen-bond acceptors (Lipinski definition) is 3. The Kier molecular flexibility index (Phi) is 6.41. The molecule has 0 unspecified atom stereocenters. The monoisotopic (exact) mass is 177 g/mol. The normalized spacial score (nSPS) is 9.83. The summed E-state index contributed by atoms with van der Waals surface area (Å²) < 4.78 is 0. The Morgan fingerprint density at radius 3 is 1.75 bits per heavy atom. The van der Waals surface area contributed by atoms with Crippen LogP contribution < -0.4 is 0 Å². The molecule has 0 aliphatic heterocycles. The molecule has 72 valence electrons. The van der Waals surface area contributed by atoms with E-state index in [1.165, 1.54) is 4.90 Å². The molecule has 0 bridgehead atoms. The molecule has 3 N–H and O–H groups in total. The molecule has 0 atom stereocenters. The van der Waals surface area contributed by atoms with Gasteiger partial charge in [-0.1, -0.05) is 0 Å². The van der Waals surface area contributed by atoms with Crippen LogP contribution in [0.15, 0.2) is 0 Å². The van der Waals surface area contributed by atoms with Crippen molar-refractivity contribution in [1.82, 2.24) is 4.90 Å². The largest absolute Gasteiger partial charge is 0.465 e. The summed E-state index contributed by atoms with van der Waals surface area (Å²) >= 11 is 0. The average molecular weight is 177 g/mol. The van der Waals surface area contributed by atoms with Crippen LogP contribution in [0.4, 0.5) is 4.79 Å². The van der Waals surface area contributed by atoms with Gasteiger partial charge in [0, 0.05) is 26.3 Å². The summed E-state index contributed by atoms with van der Waals surface area (Å²) in [5.41, 5.74) is 0. The Balaban J connectivity index is 3.62. The molecule has 5 heteroatoms. The first kappa shape index (κ1) is 11.2. The molecular weight excluding hydrogens is 162 g/mol. The zero-order chi connectivity index (χ0) is 9.40. The van der Waals surface area contributed by atoms with E-state index in [1.807, 2.05) is 0 Å². The number of aliphatic hydroxyl groups is 2. The second-order valence-corrected chi connectivity index (χ2v) is 2.42. The zero-order valence-corrected chi connectivity index (χ0v) is 6.94. The summed E-state index contributed by atoms with van der Waals surface area (Å²) in [4.78, 5) is 11.7. The standard InChI is InChI=1S/C7H15NO4/c9-5-1-3-8(7(11)12)4-2-6-10/h9-10H,1-6H2,(H,11,12). The third-order valence-electron chi connectivity index (χ3n) is 1.44. The predicted octanol–water partition coefficient (Wildman–Crippen LogP) is -0.269. The van der Waals surface area contributed by atoms with Gasteiger partial charge in [-0.25, -0.2) is 4.79 Å². The highest BCUT2D eigenvalue weighted by molar-refractivity contribution is 5.64. The number of carboxylic acid groups (broad SMARTS) is 1. The second-order valence-electron chi connectivity index (χ2n) is 2.42. The molecule has 0 saturated carbocycles. The van der Waals surface area contributed by atoms with Crippen LogP contribution in [-0.2, 0) is 0 Å². The van der Waals surface area contributed by atoms with Gasteiger partial charge >= 0.3 is 6.09 Å². The van der Waals surface area contributed by atoms with Crippen molar-refractivity contribution in [2.24, 2.45) is 0 Å². The number of amides is 1. The van der Waals surface area contributed by atoms with E-state index in [1.54, 1.807) is 0 Å². The van der Waals surface area contributed by atoms with Crippen molar-refractivity contribution in [3.63, 3.8) is 0 Å². The topological polar surface area (TPSA) is 81.0 Å². The maximum absolute atomic E-state index is 10.5. The minimum absolute atomic E-state index is 0.0110. The molecule has 12 heavy (non-hydrogen) atoms. The van der Waals surface area contributed by atoms with Crippen LogP contribution in [0.2, 0.25) is 0 Å². The summed E-state index contributed by atoms with van der Waals surface area (Å²) in [6.45, 7) is 0.628. The minimum atomic E-state index is -1.00. The Labute approximate surface area is 71.2 Å². The molecule has 0 heterocycles. The second kappa shape index (κ2) is 6.87. The molecule has 0 aliphatic carbocycles. The quantitative estimate of drug-likeness (QED) is 0.521. The summed E-state index contributed by atoms with van der Waals surface area (Å²) in [5, 5.41) is 25.5. The Morgan fingerprint density at radius 1 is 1.08 bits per heavy atom. The maximum atomic E-state index is 10.5. The van der Waals surface area contributed by atoms with Crippen molar-refractivity contribution < 1.29 is 20.1 Å². The lowest BCUT2D eigenvalue weighted by molar-refractivity contribution is 0.136. The fourth-order valence-electron chi connectivity index (χ4n) is 0.826.